The van der Waals surface area contributed by atoms with Crippen molar-refractivity contribution >= 4 is 29.0 Å². The Bertz CT molecular complexity index is 470. The minimum Gasteiger partial charge on any atom is -0.345 e. The summed E-state index contributed by atoms with van der Waals surface area (Å²) >= 11 is 3.28. The van der Waals surface area contributed by atoms with Crippen molar-refractivity contribution in [2.75, 3.05) is 12.8 Å². The summed E-state index contributed by atoms with van der Waals surface area (Å²) in [6, 6.07) is 0. The van der Waals surface area contributed by atoms with E-state index in [1.807, 2.05) is 11.6 Å². The van der Waals surface area contributed by atoms with Crippen LogP contribution in [0, 0.1) is 17.8 Å². The summed E-state index contributed by atoms with van der Waals surface area (Å²) in [6.07, 6.45) is 6.75. The Hall–Kier alpha value is -0.920. The van der Waals surface area contributed by atoms with Gasteiger partial charge in [-0.15, -0.1) is 23.1 Å². The van der Waals surface area contributed by atoms with Crippen molar-refractivity contribution in [3.8, 4) is 11.8 Å². The Morgan fingerprint density at radius 2 is 2.25 bits per heavy atom. The Labute approximate surface area is 130 Å². The predicted octanol–water partition coefficient (Wildman–Crippen LogP) is 4.15. The number of carbonyl (C=O) groups is 1. The van der Waals surface area contributed by atoms with Gasteiger partial charge in [-0.3, -0.25) is 4.79 Å². The Balaban J connectivity index is 2.44. The van der Waals surface area contributed by atoms with Gasteiger partial charge in [-0.05, 0) is 18.6 Å². The van der Waals surface area contributed by atoms with Gasteiger partial charge < -0.3 is 5.32 Å². The largest absolute Gasteiger partial charge is 0.345 e. The molecule has 110 valence electrons. The zero-order valence-corrected chi connectivity index (χ0v) is 14.1. The molecule has 1 N–H and O–H groups in total. The molecule has 0 saturated heterocycles. The molecule has 1 heterocycles. The summed E-state index contributed by atoms with van der Waals surface area (Å²) in [4.78, 5) is 12.9. The van der Waals surface area contributed by atoms with E-state index < -0.39 is 0 Å². The first-order valence-corrected chi connectivity index (χ1v) is 9.28. The third-order valence-electron chi connectivity index (χ3n) is 3.25. The summed E-state index contributed by atoms with van der Waals surface area (Å²) in [5, 5.41) is 6.97. The van der Waals surface area contributed by atoms with Crippen molar-refractivity contribution < 1.29 is 4.79 Å². The van der Waals surface area contributed by atoms with Gasteiger partial charge in [0, 0.05) is 33.7 Å². The lowest BCUT2D eigenvalue weighted by Crippen LogP contribution is -2.27. The lowest BCUT2D eigenvalue weighted by Gasteiger charge is -2.13. The van der Waals surface area contributed by atoms with Crippen molar-refractivity contribution in [1.82, 2.24) is 5.32 Å². The minimum absolute atomic E-state index is 0.168. The van der Waals surface area contributed by atoms with Gasteiger partial charge in [0.1, 0.15) is 0 Å². The van der Waals surface area contributed by atoms with Crippen LogP contribution in [-0.2, 0) is 4.79 Å². The molecule has 0 spiro atoms. The molecule has 1 aromatic rings. The second kappa shape index (κ2) is 9.90. The van der Waals surface area contributed by atoms with Crippen molar-refractivity contribution in [2.24, 2.45) is 5.92 Å². The summed E-state index contributed by atoms with van der Waals surface area (Å²) in [5.41, 5.74) is 0.954. The molecule has 1 amide bonds. The van der Waals surface area contributed by atoms with E-state index >= 15 is 0 Å². The van der Waals surface area contributed by atoms with Crippen molar-refractivity contribution in [3.05, 3.63) is 16.3 Å². The van der Waals surface area contributed by atoms with Crippen LogP contribution in [0.3, 0.4) is 0 Å². The summed E-state index contributed by atoms with van der Waals surface area (Å²) in [7, 11) is 0. The van der Waals surface area contributed by atoms with Gasteiger partial charge in [0.15, 0.2) is 0 Å². The highest BCUT2D eigenvalue weighted by molar-refractivity contribution is 7.98. The number of hydrogen-bond acceptors (Lipinski definition) is 3. The van der Waals surface area contributed by atoms with Gasteiger partial charge in [0.05, 0.1) is 0 Å². The van der Waals surface area contributed by atoms with Crippen molar-refractivity contribution in [2.45, 2.75) is 44.4 Å². The Morgan fingerprint density at radius 3 is 2.90 bits per heavy atom. The number of thiophene rings is 1. The van der Waals surface area contributed by atoms with Gasteiger partial charge >= 0.3 is 0 Å². The maximum Gasteiger partial charge on any atom is 0.296 e. The zero-order valence-electron chi connectivity index (χ0n) is 12.5. The predicted molar refractivity (Wildman–Crippen MR) is 89.3 cm³/mol. The Kier molecular flexibility index (Phi) is 8.48. The molecule has 1 atom stereocenters. The van der Waals surface area contributed by atoms with Crippen molar-refractivity contribution in [1.29, 1.82) is 0 Å². The average Bonchev–Trinajstić information content (AvgIpc) is 2.92. The van der Waals surface area contributed by atoms with Crippen LogP contribution in [0.4, 0.5) is 0 Å². The summed E-state index contributed by atoms with van der Waals surface area (Å²) in [5.74, 6) is 6.05. The smallest absolute Gasteiger partial charge is 0.296 e. The molecule has 20 heavy (non-hydrogen) atoms. The topological polar surface area (TPSA) is 29.1 Å². The highest BCUT2D eigenvalue weighted by Gasteiger charge is 2.07. The third kappa shape index (κ3) is 6.02. The first-order chi connectivity index (χ1) is 9.71. The molecule has 1 unspecified atom stereocenters. The van der Waals surface area contributed by atoms with Crippen LogP contribution < -0.4 is 5.32 Å². The number of rotatable bonds is 7. The average molecular weight is 310 g/mol. The molecule has 0 fully saturated rings. The molecule has 1 rings (SSSR count). The molecule has 2 nitrogen and oxygen atoms in total. The van der Waals surface area contributed by atoms with Crippen molar-refractivity contribution in [3.63, 3.8) is 0 Å². The van der Waals surface area contributed by atoms with Crippen LogP contribution in [0.15, 0.2) is 15.7 Å². The molecule has 4 heteroatoms. The highest BCUT2D eigenvalue weighted by Crippen LogP contribution is 2.23. The number of amides is 1. The van der Waals surface area contributed by atoms with E-state index in [0.29, 0.717) is 5.92 Å². The molecule has 0 aliphatic rings. The fourth-order valence-corrected chi connectivity index (χ4v) is 3.48. The zero-order chi connectivity index (χ0) is 14.8. The maximum absolute atomic E-state index is 11.7. The van der Waals surface area contributed by atoms with E-state index in [0.717, 1.165) is 23.4 Å². The van der Waals surface area contributed by atoms with Crippen LogP contribution in [0.2, 0.25) is 0 Å². The first kappa shape index (κ1) is 17.1. The quantitative estimate of drug-likeness (QED) is 0.605. The SMILES string of the molecule is CCCCC(CC)CNC(=O)C#Cc1cscc1SC. The number of hydrogen-bond donors (Lipinski definition) is 1. The third-order valence-corrected chi connectivity index (χ3v) is 4.92. The first-order valence-electron chi connectivity index (χ1n) is 7.11. The fraction of sp³-hybridized carbons (Fsp3) is 0.562. The molecule has 0 aliphatic carbocycles. The number of carbonyl (C=O) groups excluding carboxylic acids is 1. The lowest BCUT2D eigenvalue weighted by atomic mass is 9.99. The molecule has 0 saturated carbocycles. The standard InChI is InChI=1S/C16H23NOS2/c1-4-6-7-13(5-2)10-17-16(18)9-8-14-11-20-12-15(14)19-3/h11-13H,4-7,10H2,1-3H3,(H,17,18). The number of nitrogens with one attached hydrogen (secondary N) is 1. The van der Waals surface area contributed by atoms with E-state index in [1.165, 1.54) is 19.3 Å². The second-order valence-electron chi connectivity index (χ2n) is 4.73. The van der Waals surface area contributed by atoms with E-state index in [9.17, 15) is 4.79 Å². The van der Waals surface area contributed by atoms with E-state index in [4.69, 9.17) is 0 Å². The minimum atomic E-state index is -0.168. The molecule has 0 bridgehead atoms. The number of unbranched alkanes of at least 4 members (excludes halogenated alkanes) is 1. The fourth-order valence-electron chi connectivity index (χ4n) is 1.88. The van der Waals surface area contributed by atoms with Crippen LogP contribution in [0.25, 0.3) is 0 Å². The highest BCUT2D eigenvalue weighted by atomic mass is 32.2. The summed E-state index contributed by atoms with van der Waals surface area (Å²) < 4.78 is 0. The van der Waals surface area contributed by atoms with Gasteiger partial charge in [0.25, 0.3) is 5.91 Å². The summed E-state index contributed by atoms with van der Waals surface area (Å²) in [6.45, 7) is 5.11. The van der Waals surface area contributed by atoms with E-state index in [1.54, 1.807) is 23.1 Å². The van der Waals surface area contributed by atoms with Crippen LogP contribution in [0.1, 0.15) is 45.1 Å². The monoisotopic (exact) mass is 309 g/mol. The van der Waals surface area contributed by atoms with Gasteiger partial charge in [-0.1, -0.05) is 39.0 Å². The molecular formula is C16H23NOS2. The molecular weight excluding hydrogens is 286 g/mol. The molecule has 0 aromatic carbocycles. The second-order valence-corrected chi connectivity index (χ2v) is 6.32. The van der Waals surface area contributed by atoms with Gasteiger partial charge in [-0.25, -0.2) is 0 Å². The van der Waals surface area contributed by atoms with Crippen LogP contribution >= 0.6 is 23.1 Å². The maximum atomic E-state index is 11.7. The molecule has 0 radical (unpaired) electrons. The van der Waals surface area contributed by atoms with Crippen LogP contribution in [-0.4, -0.2) is 18.7 Å². The van der Waals surface area contributed by atoms with Gasteiger partial charge in [-0.2, -0.15) is 0 Å². The Morgan fingerprint density at radius 1 is 1.45 bits per heavy atom. The normalized spacial score (nSPS) is 11.6. The van der Waals surface area contributed by atoms with Crippen LogP contribution in [0.5, 0.6) is 0 Å². The number of thioether (sulfide) groups is 1. The van der Waals surface area contributed by atoms with E-state index in [-0.39, 0.29) is 5.91 Å². The lowest BCUT2D eigenvalue weighted by molar-refractivity contribution is -0.115. The van der Waals surface area contributed by atoms with E-state index in [2.05, 4.69) is 36.4 Å². The molecule has 1 aromatic heterocycles. The molecule has 0 aliphatic heterocycles. The van der Waals surface area contributed by atoms with Gasteiger partial charge in [0.2, 0.25) is 0 Å².